The number of piperidine rings is 1. The summed E-state index contributed by atoms with van der Waals surface area (Å²) < 4.78 is 1.89. The van der Waals surface area contributed by atoms with Crippen LogP contribution in [0.2, 0.25) is 0 Å². The van der Waals surface area contributed by atoms with Crippen molar-refractivity contribution in [2.75, 3.05) is 19.6 Å². The van der Waals surface area contributed by atoms with Crippen LogP contribution in [0.3, 0.4) is 0 Å². The predicted molar refractivity (Wildman–Crippen MR) is 81.0 cm³/mol. The van der Waals surface area contributed by atoms with Crippen LogP contribution in [-0.2, 0) is 6.54 Å². The average molecular weight is 291 g/mol. The zero-order valence-electron chi connectivity index (χ0n) is 12.5. The molecule has 0 aromatic carbocycles. The summed E-state index contributed by atoms with van der Waals surface area (Å²) in [6.45, 7) is 3.86. The van der Waals surface area contributed by atoms with Crippen molar-refractivity contribution in [3.05, 3.63) is 18.5 Å². The number of hydrogen-bond acceptors (Lipinski definition) is 3. The highest BCUT2D eigenvalue weighted by Gasteiger charge is 2.36. The van der Waals surface area contributed by atoms with Crippen molar-refractivity contribution in [2.24, 2.45) is 0 Å². The van der Waals surface area contributed by atoms with Gasteiger partial charge in [0, 0.05) is 44.1 Å². The molecule has 6 nitrogen and oxygen atoms in total. The Bertz CT molecular complexity index is 447. The van der Waals surface area contributed by atoms with Gasteiger partial charge in [0.25, 0.3) is 0 Å². The lowest BCUT2D eigenvalue weighted by atomic mass is 9.99. The first-order valence-corrected chi connectivity index (χ1v) is 8.09. The van der Waals surface area contributed by atoms with E-state index in [1.165, 1.54) is 25.8 Å². The van der Waals surface area contributed by atoms with Gasteiger partial charge in [-0.15, -0.1) is 0 Å². The number of urea groups is 1. The van der Waals surface area contributed by atoms with Crippen molar-refractivity contribution in [1.82, 2.24) is 25.3 Å². The zero-order valence-corrected chi connectivity index (χ0v) is 12.5. The Morgan fingerprint density at radius 1 is 1.29 bits per heavy atom. The van der Waals surface area contributed by atoms with Crippen molar-refractivity contribution in [1.29, 1.82) is 0 Å². The van der Waals surface area contributed by atoms with Gasteiger partial charge in [0.05, 0.1) is 0 Å². The topological polar surface area (TPSA) is 62.2 Å². The number of nitrogens with one attached hydrogen (secondary N) is 2. The summed E-state index contributed by atoms with van der Waals surface area (Å²) >= 11 is 0. The Kier molecular flexibility index (Phi) is 4.75. The van der Waals surface area contributed by atoms with Crippen LogP contribution in [0.1, 0.15) is 32.1 Å². The number of amides is 2. The lowest BCUT2D eigenvalue weighted by Gasteiger charge is -2.32. The fourth-order valence-corrected chi connectivity index (χ4v) is 3.51. The third-order valence-electron chi connectivity index (χ3n) is 4.58. The number of carbonyl (C=O) groups excluding carboxylic acids is 1. The van der Waals surface area contributed by atoms with E-state index in [2.05, 4.69) is 20.6 Å². The number of aromatic nitrogens is 2. The molecule has 2 amide bonds. The molecule has 3 rings (SSSR count). The van der Waals surface area contributed by atoms with E-state index in [1.807, 2.05) is 16.9 Å². The number of fused-ring (bicyclic) bond motifs is 1. The standard InChI is InChI=1S/C15H25N5O/c21-15(16-7-3-10-20-11-4-8-17-20)18-13-6-12-19-9-2-1-5-14(13)19/h4,8,11,13-14H,1-3,5-7,9-10,12H2,(H2,16,18,21)/t13-,14+/m0/s1. The number of rotatable bonds is 5. The highest BCUT2D eigenvalue weighted by atomic mass is 16.2. The first-order valence-electron chi connectivity index (χ1n) is 8.09. The fourth-order valence-electron chi connectivity index (χ4n) is 3.51. The summed E-state index contributed by atoms with van der Waals surface area (Å²) in [5.74, 6) is 0. The number of aryl methyl sites for hydroxylation is 1. The summed E-state index contributed by atoms with van der Waals surface area (Å²) in [5.41, 5.74) is 0. The molecule has 0 bridgehead atoms. The van der Waals surface area contributed by atoms with E-state index < -0.39 is 0 Å². The maximum absolute atomic E-state index is 12.0. The first-order chi connectivity index (χ1) is 10.3. The van der Waals surface area contributed by atoms with Gasteiger partial charge in [-0.3, -0.25) is 9.58 Å². The molecule has 1 aromatic heterocycles. The van der Waals surface area contributed by atoms with Gasteiger partial charge < -0.3 is 10.6 Å². The van der Waals surface area contributed by atoms with Gasteiger partial charge in [0.2, 0.25) is 0 Å². The van der Waals surface area contributed by atoms with Crippen molar-refractivity contribution in [3.63, 3.8) is 0 Å². The molecule has 2 aliphatic rings. The van der Waals surface area contributed by atoms with Gasteiger partial charge in [-0.1, -0.05) is 6.42 Å². The summed E-state index contributed by atoms with van der Waals surface area (Å²) in [6, 6.07) is 2.79. The van der Waals surface area contributed by atoms with Gasteiger partial charge in [0.15, 0.2) is 0 Å². The number of hydrogen-bond donors (Lipinski definition) is 2. The Hall–Kier alpha value is -1.56. The van der Waals surface area contributed by atoms with Crippen molar-refractivity contribution < 1.29 is 4.79 Å². The van der Waals surface area contributed by atoms with Crippen LogP contribution in [0, 0.1) is 0 Å². The monoisotopic (exact) mass is 291 g/mol. The summed E-state index contributed by atoms with van der Waals surface area (Å²) in [5, 5.41) is 10.3. The van der Waals surface area contributed by atoms with Crippen LogP contribution in [0.5, 0.6) is 0 Å². The van der Waals surface area contributed by atoms with Crippen LogP contribution < -0.4 is 10.6 Å². The van der Waals surface area contributed by atoms with Gasteiger partial charge in [-0.2, -0.15) is 5.10 Å². The molecule has 1 aromatic rings. The molecule has 0 radical (unpaired) electrons. The molecule has 2 N–H and O–H groups in total. The largest absolute Gasteiger partial charge is 0.338 e. The Labute approximate surface area is 125 Å². The second-order valence-electron chi connectivity index (χ2n) is 6.02. The van der Waals surface area contributed by atoms with Crippen LogP contribution in [0.15, 0.2) is 18.5 Å². The molecule has 6 heteroatoms. The second kappa shape index (κ2) is 6.93. The highest BCUT2D eigenvalue weighted by molar-refractivity contribution is 5.74. The van der Waals surface area contributed by atoms with Crippen LogP contribution in [-0.4, -0.2) is 52.4 Å². The van der Waals surface area contributed by atoms with E-state index in [0.29, 0.717) is 18.6 Å². The summed E-state index contributed by atoms with van der Waals surface area (Å²) in [7, 11) is 0. The molecule has 0 aliphatic carbocycles. The molecular formula is C15H25N5O. The third kappa shape index (κ3) is 3.75. The summed E-state index contributed by atoms with van der Waals surface area (Å²) in [4.78, 5) is 14.5. The lowest BCUT2D eigenvalue weighted by molar-refractivity contribution is 0.179. The van der Waals surface area contributed by atoms with E-state index in [-0.39, 0.29) is 6.03 Å². The lowest BCUT2D eigenvalue weighted by Crippen LogP contribution is -2.49. The van der Waals surface area contributed by atoms with Gasteiger partial charge in [0.1, 0.15) is 0 Å². The van der Waals surface area contributed by atoms with Gasteiger partial charge >= 0.3 is 6.03 Å². The van der Waals surface area contributed by atoms with Crippen LogP contribution in [0.4, 0.5) is 4.79 Å². The molecule has 116 valence electrons. The molecule has 2 saturated heterocycles. The zero-order chi connectivity index (χ0) is 14.5. The molecule has 2 aliphatic heterocycles. The first kappa shape index (κ1) is 14.4. The van der Waals surface area contributed by atoms with Crippen molar-refractivity contribution in [2.45, 2.75) is 50.7 Å². The fraction of sp³-hybridized carbons (Fsp3) is 0.733. The van der Waals surface area contributed by atoms with Gasteiger partial charge in [-0.05, 0) is 38.3 Å². The van der Waals surface area contributed by atoms with E-state index in [9.17, 15) is 4.79 Å². The maximum atomic E-state index is 12.0. The number of carbonyl (C=O) groups is 1. The van der Waals surface area contributed by atoms with Crippen LogP contribution >= 0.6 is 0 Å². The summed E-state index contributed by atoms with van der Waals surface area (Å²) in [6.07, 6.45) is 9.53. The molecule has 2 atom stereocenters. The van der Waals surface area contributed by atoms with Crippen LogP contribution in [0.25, 0.3) is 0 Å². The van der Waals surface area contributed by atoms with Crippen molar-refractivity contribution in [3.8, 4) is 0 Å². The molecular weight excluding hydrogens is 266 g/mol. The smallest absolute Gasteiger partial charge is 0.315 e. The van der Waals surface area contributed by atoms with E-state index in [1.54, 1.807) is 6.20 Å². The van der Waals surface area contributed by atoms with E-state index >= 15 is 0 Å². The Balaban J connectivity index is 1.34. The molecule has 0 spiro atoms. The molecule has 3 heterocycles. The van der Waals surface area contributed by atoms with Gasteiger partial charge in [-0.25, -0.2) is 4.79 Å². The maximum Gasteiger partial charge on any atom is 0.315 e. The molecule has 21 heavy (non-hydrogen) atoms. The molecule has 2 fully saturated rings. The molecule has 0 saturated carbocycles. The second-order valence-corrected chi connectivity index (χ2v) is 6.02. The SMILES string of the molecule is O=C(NCCCn1cccn1)N[C@H]1CCN2CCCC[C@H]12. The minimum Gasteiger partial charge on any atom is -0.338 e. The predicted octanol–water partition coefficient (Wildman–Crippen LogP) is 1.20. The average Bonchev–Trinajstić information content (AvgIpc) is 3.14. The minimum atomic E-state index is -0.0205. The van der Waals surface area contributed by atoms with Crippen molar-refractivity contribution >= 4 is 6.03 Å². The highest BCUT2D eigenvalue weighted by Crippen LogP contribution is 2.26. The Morgan fingerprint density at radius 2 is 2.24 bits per heavy atom. The van der Waals surface area contributed by atoms with E-state index in [4.69, 9.17) is 0 Å². The Morgan fingerprint density at radius 3 is 3.10 bits per heavy atom. The quantitative estimate of drug-likeness (QED) is 0.801. The number of nitrogens with zero attached hydrogens (tertiary/aromatic N) is 3. The van der Waals surface area contributed by atoms with E-state index in [0.717, 1.165) is 25.9 Å². The minimum absolute atomic E-state index is 0.0205. The normalized spacial score (nSPS) is 25.5. The molecule has 0 unspecified atom stereocenters. The third-order valence-corrected chi connectivity index (χ3v) is 4.58.